The van der Waals surface area contributed by atoms with Gasteiger partial charge < -0.3 is 15.4 Å². The van der Waals surface area contributed by atoms with Crippen LogP contribution in [-0.2, 0) is 4.79 Å². The third kappa shape index (κ3) is 4.34. The van der Waals surface area contributed by atoms with Gasteiger partial charge in [-0.3, -0.25) is 4.79 Å². The second-order valence-electron chi connectivity index (χ2n) is 5.72. The quantitative estimate of drug-likeness (QED) is 0.878. The number of rotatable bonds is 4. The van der Waals surface area contributed by atoms with Crippen LogP contribution in [0.1, 0.15) is 20.3 Å². The van der Waals surface area contributed by atoms with Crippen LogP contribution in [0.2, 0.25) is 0 Å². The monoisotopic (exact) mass is 376 g/mol. The number of likely N-dealkylation sites (tertiary alicyclic amines) is 1. The van der Waals surface area contributed by atoms with Crippen LogP contribution in [0.5, 0.6) is 5.75 Å². The van der Waals surface area contributed by atoms with E-state index in [0.29, 0.717) is 18.8 Å². The average molecular weight is 378 g/mol. The van der Waals surface area contributed by atoms with Crippen molar-refractivity contribution in [1.82, 2.24) is 4.90 Å². The fourth-order valence-corrected chi connectivity index (χ4v) is 2.80. The molecule has 2 N–H and O–H groups in total. The molecule has 1 saturated heterocycles. The predicted molar refractivity (Wildman–Crippen MR) is 89.8 cm³/mol. The topological polar surface area (TPSA) is 55.6 Å². The largest absolute Gasteiger partial charge is 0.480 e. The molecule has 1 amide bonds. The van der Waals surface area contributed by atoms with Gasteiger partial charge in [0.15, 0.2) is 6.10 Å². The number of para-hydroxylation sites is 1. The summed E-state index contributed by atoms with van der Waals surface area (Å²) in [4.78, 5) is 14.3. The molecule has 1 fully saturated rings. The fraction of sp³-hybridized carbons (Fsp3) is 0.533. The second-order valence-corrected chi connectivity index (χ2v) is 6.57. The lowest BCUT2D eigenvalue weighted by Gasteiger charge is -2.25. The van der Waals surface area contributed by atoms with E-state index in [-0.39, 0.29) is 23.7 Å². The van der Waals surface area contributed by atoms with Gasteiger partial charge in [0.2, 0.25) is 0 Å². The van der Waals surface area contributed by atoms with Crippen molar-refractivity contribution in [1.29, 1.82) is 0 Å². The summed E-state index contributed by atoms with van der Waals surface area (Å²) < 4.78 is 6.61. The molecule has 118 valence electrons. The lowest BCUT2D eigenvalue weighted by Crippen LogP contribution is -2.41. The van der Waals surface area contributed by atoms with Crippen LogP contribution in [0.4, 0.5) is 0 Å². The Labute approximate surface area is 140 Å². The highest BCUT2D eigenvalue weighted by Gasteiger charge is 2.36. The maximum absolute atomic E-state index is 12.4. The van der Waals surface area contributed by atoms with E-state index in [4.69, 9.17) is 10.5 Å². The van der Waals surface area contributed by atoms with Gasteiger partial charge in [-0.2, -0.15) is 0 Å². The first-order valence-corrected chi connectivity index (χ1v) is 7.64. The summed E-state index contributed by atoms with van der Waals surface area (Å²) in [5.74, 6) is 0.715. The Morgan fingerprint density at radius 2 is 2.19 bits per heavy atom. The SMILES string of the molecule is CC(Oc1ccccc1Br)C(=O)N1CCC(C)(CN)C1.Cl. The van der Waals surface area contributed by atoms with Gasteiger partial charge in [-0.05, 0) is 53.4 Å². The predicted octanol–water partition coefficient (Wildman–Crippen LogP) is 2.84. The van der Waals surface area contributed by atoms with Crippen molar-refractivity contribution < 1.29 is 9.53 Å². The van der Waals surface area contributed by atoms with Crippen molar-refractivity contribution in [3.05, 3.63) is 28.7 Å². The molecule has 6 heteroatoms. The number of benzene rings is 1. The average Bonchev–Trinajstić information content (AvgIpc) is 2.84. The number of carbonyl (C=O) groups is 1. The van der Waals surface area contributed by atoms with Gasteiger partial charge in [-0.1, -0.05) is 19.1 Å². The summed E-state index contributed by atoms with van der Waals surface area (Å²) in [7, 11) is 0. The smallest absolute Gasteiger partial charge is 0.263 e. The Morgan fingerprint density at radius 3 is 2.76 bits per heavy atom. The summed E-state index contributed by atoms with van der Waals surface area (Å²) in [6.07, 6.45) is 0.464. The van der Waals surface area contributed by atoms with E-state index in [0.717, 1.165) is 17.4 Å². The molecular weight excluding hydrogens is 356 g/mol. The van der Waals surface area contributed by atoms with Crippen LogP contribution in [0.15, 0.2) is 28.7 Å². The zero-order valence-electron chi connectivity index (χ0n) is 12.3. The molecule has 2 atom stereocenters. The highest BCUT2D eigenvalue weighted by molar-refractivity contribution is 9.10. The molecule has 0 bridgehead atoms. The van der Waals surface area contributed by atoms with E-state index in [1.165, 1.54) is 0 Å². The lowest BCUT2D eigenvalue weighted by atomic mass is 9.90. The molecule has 0 radical (unpaired) electrons. The number of halogens is 2. The van der Waals surface area contributed by atoms with Crippen LogP contribution in [0, 0.1) is 5.41 Å². The lowest BCUT2D eigenvalue weighted by molar-refractivity contribution is -0.137. The van der Waals surface area contributed by atoms with Crippen LogP contribution in [0.25, 0.3) is 0 Å². The Kier molecular flexibility index (Phi) is 6.50. The molecule has 1 aromatic rings. The van der Waals surface area contributed by atoms with Gasteiger partial charge in [0.25, 0.3) is 5.91 Å². The Bertz CT molecular complexity index is 500. The maximum atomic E-state index is 12.4. The van der Waals surface area contributed by atoms with Crippen molar-refractivity contribution in [3.63, 3.8) is 0 Å². The fourth-order valence-electron chi connectivity index (χ4n) is 2.42. The molecule has 4 nitrogen and oxygen atoms in total. The van der Waals surface area contributed by atoms with E-state index in [1.54, 1.807) is 6.92 Å². The third-order valence-corrected chi connectivity index (χ3v) is 4.51. The maximum Gasteiger partial charge on any atom is 0.263 e. The van der Waals surface area contributed by atoms with E-state index >= 15 is 0 Å². The molecular formula is C15H22BrClN2O2. The third-order valence-electron chi connectivity index (χ3n) is 3.85. The molecule has 1 heterocycles. The number of ether oxygens (including phenoxy) is 1. The van der Waals surface area contributed by atoms with Gasteiger partial charge in [0, 0.05) is 13.1 Å². The summed E-state index contributed by atoms with van der Waals surface area (Å²) in [5.41, 5.74) is 5.82. The van der Waals surface area contributed by atoms with Crippen LogP contribution < -0.4 is 10.5 Å². The summed E-state index contributed by atoms with van der Waals surface area (Å²) in [6, 6.07) is 7.55. The number of nitrogens with zero attached hydrogens (tertiary/aromatic N) is 1. The molecule has 2 unspecified atom stereocenters. The summed E-state index contributed by atoms with van der Waals surface area (Å²) in [5, 5.41) is 0. The molecule has 2 rings (SSSR count). The van der Waals surface area contributed by atoms with Gasteiger partial charge in [0.1, 0.15) is 5.75 Å². The number of amides is 1. The zero-order chi connectivity index (χ0) is 14.8. The molecule has 1 aliphatic heterocycles. The minimum absolute atomic E-state index is 0. The van der Waals surface area contributed by atoms with Gasteiger partial charge in [0.05, 0.1) is 4.47 Å². The highest BCUT2D eigenvalue weighted by Crippen LogP contribution is 2.30. The van der Waals surface area contributed by atoms with Gasteiger partial charge >= 0.3 is 0 Å². The van der Waals surface area contributed by atoms with E-state index < -0.39 is 6.10 Å². The zero-order valence-corrected chi connectivity index (χ0v) is 14.7. The van der Waals surface area contributed by atoms with Crippen LogP contribution in [0.3, 0.4) is 0 Å². The number of nitrogens with two attached hydrogens (primary N) is 1. The van der Waals surface area contributed by atoms with Crippen molar-refractivity contribution in [2.45, 2.75) is 26.4 Å². The molecule has 1 aromatic carbocycles. The molecule has 1 aliphatic rings. The Hall–Kier alpha value is -0.780. The van der Waals surface area contributed by atoms with Crippen LogP contribution in [-0.4, -0.2) is 36.5 Å². The van der Waals surface area contributed by atoms with E-state index in [1.807, 2.05) is 29.2 Å². The minimum atomic E-state index is -0.492. The summed E-state index contributed by atoms with van der Waals surface area (Å²) in [6.45, 7) is 6.00. The van der Waals surface area contributed by atoms with E-state index in [9.17, 15) is 4.79 Å². The van der Waals surface area contributed by atoms with E-state index in [2.05, 4.69) is 22.9 Å². The Balaban J connectivity index is 0.00000220. The number of hydrogen-bond donors (Lipinski definition) is 1. The molecule has 0 saturated carbocycles. The normalized spacial score (nSPS) is 22.6. The molecule has 21 heavy (non-hydrogen) atoms. The molecule has 0 aromatic heterocycles. The minimum Gasteiger partial charge on any atom is -0.480 e. The number of carbonyl (C=O) groups excluding carboxylic acids is 1. The highest BCUT2D eigenvalue weighted by atomic mass is 79.9. The Morgan fingerprint density at radius 1 is 1.52 bits per heavy atom. The van der Waals surface area contributed by atoms with Crippen LogP contribution >= 0.6 is 28.3 Å². The van der Waals surface area contributed by atoms with Crippen molar-refractivity contribution in [2.24, 2.45) is 11.1 Å². The van der Waals surface area contributed by atoms with Crippen molar-refractivity contribution in [2.75, 3.05) is 19.6 Å². The summed E-state index contributed by atoms with van der Waals surface area (Å²) >= 11 is 3.42. The first-order chi connectivity index (χ1) is 9.45. The van der Waals surface area contributed by atoms with Crippen molar-refractivity contribution >= 4 is 34.2 Å². The first-order valence-electron chi connectivity index (χ1n) is 6.85. The standard InChI is InChI=1S/C15H21BrN2O2.ClH/c1-11(20-13-6-4-3-5-12(13)16)14(19)18-8-7-15(2,9-17)10-18;/h3-6,11H,7-10,17H2,1-2H3;1H. The molecule has 0 spiro atoms. The second kappa shape index (κ2) is 7.47. The number of hydrogen-bond acceptors (Lipinski definition) is 3. The van der Waals surface area contributed by atoms with Gasteiger partial charge in [-0.15, -0.1) is 12.4 Å². The van der Waals surface area contributed by atoms with Gasteiger partial charge in [-0.25, -0.2) is 0 Å². The van der Waals surface area contributed by atoms with Crippen molar-refractivity contribution in [3.8, 4) is 5.75 Å². The first kappa shape index (κ1) is 18.3. The molecule has 0 aliphatic carbocycles.